The van der Waals surface area contributed by atoms with Gasteiger partial charge in [-0.2, -0.15) is 0 Å². The molecule has 7 heteroatoms. The van der Waals surface area contributed by atoms with Crippen LogP contribution in [0.4, 0.5) is 11.4 Å². The standard InChI is InChI=1S/C24H28N4O2S/c1-14-7-9-28(10-8-14)18-5-4-16-11-17(13-30-20(16)12-18)27-23(29)22-21(25)19-6-3-15(2)26-24(19)31-22/h3-6,12,14,17H,7-11,13,25H2,1-2H3,(H,27,29)/t17-/m1/s1. The van der Waals surface area contributed by atoms with E-state index in [-0.39, 0.29) is 11.9 Å². The van der Waals surface area contributed by atoms with E-state index < -0.39 is 0 Å². The van der Waals surface area contributed by atoms with Crippen LogP contribution in [0.25, 0.3) is 10.2 Å². The Kier molecular flexibility index (Phi) is 5.22. The van der Waals surface area contributed by atoms with E-state index in [1.807, 2.05) is 19.1 Å². The second-order valence-corrected chi connectivity index (χ2v) is 9.80. The molecule has 162 valence electrons. The minimum atomic E-state index is -0.158. The average Bonchev–Trinajstić information content (AvgIpc) is 3.09. The van der Waals surface area contributed by atoms with Gasteiger partial charge in [-0.15, -0.1) is 11.3 Å². The van der Waals surface area contributed by atoms with Crippen molar-refractivity contribution in [3.63, 3.8) is 0 Å². The number of nitrogens with zero attached hydrogens (tertiary/aromatic N) is 2. The first-order chi connectivity index (χ1) is 15.0. The van der Waals surface area contributed by atoms with Gasteiger partial charge in [0.05, 0.1) is 11.7 Å². The molecule has 0 radical (unpaired) electrons. The zero-order valence-corrected chi connectivity index (χ0v) is 18.8. The highest BCUT2D eigenvalue weighted by atomic mass is 32.1. The number of aromatic nitrogens is 1. The van der Waals surface area contributed by atoms with E-state index >= 15 is 0 Å². The summed E-state index contributed by atoms with van der Waals surface area (Å²) in [6.07, 6.45) is 3.23. The topological polar surface area (TPSA) is 80.5 Å². The number of carbonyl (C=O) groups excluding carboxylic acids is 1. The molecule has 0 saturated carbocycles. The van der Waals surface area contributed by atoms with E-state index in [1.54, 1.807) is 0 Å². The first-order valence-corrected chi connectivity index (χ1v) is 11.8. The minimum absolute atomic E-state index is 0.0824. The van der Waals surface area contributed by atoms with Crippen molar-refractivity contribution in [2.75, 3.05) is 30.3 Å². The highest BCUT2D eigenvalue weighted by Gasteiger charge is 2.26. The highest BCUT2D eigenvalue weighted by molar-refractivity contribution is 7.21. The summed E-state index contributed by atoms with van der Waals surface area (Å²) < 4.78 is 6.05. The number of amides is 1. The molecule has 0 aliphatic carbocycles. The Morgan fingerprint density at radius 3 is 2.87 bits per heavy atom. The van der Waals surface area contributed by atoms with Gasteiger partial charge in [-0.3, -0.25) is 4.79 Å². The molecule has 31 heavy (non-hydrogen) atoms. The van der Waals surface area contributed by atoms with Gasteiger partial charge in [0.15, 0.2) is 0 Å². The Labute approximate surface area is 186 Å². The molecule has 1 atom stereocenters. The summed E-state index contributed by atoms with van der Waals surface area (Å²) in [4.78, 5) is 21.2. The third-order valence-corrected chi connectivity index (χ3v) is 7.49. The fraction of sp³-hybridized carbons (Fsp3) is 0.417. The maximum Gasteiger partial charge on any atom is 0.263 e. The quantitative estimate of drug-likeness (QED) is 0.645. The molecule has 3 aromatic rings. The van der Waals surface area contributed by atoms with Crippen LogP contribution in [0.3, 0.4) is 0 Å². The van der Waals surface area contributed by atoms with Crippen molar-refractivity contribution in [1.82, 2.24) is 10.3 Å². The van der Waals surface area contributed by atoms with Gasteiger partial charge in [0, 0.05) is 35.9 Å². The van der Waals surface area contributed by atoms with Crippen molar-refractivity contribution >= 4 is 38.8 Å². The molecule has 3 N–H and O–H groups in total. The molecule has 0 unspecified atom stereocenters. The third-order valence-electron chi connectivity index (χ3n) is 6.38. The monoisotopic (exact) mass is 436 g/mol. The summed E-state index contributed by atoms with van der Waals surface area (Å²) in [5, 5.41) is 3.94. The summed E-state index contributed by atoms with van der Waals surface area (Å²) in [6.45, 7) is 6.92. The van der Waals surface area contributed by atoms with Crippen molar-refractivity contribution in [2.45, 2.75) is 39.2 Å². The lowest BCUT2D eigenvalue weighted by Crippen LogP contribution is -2.42. The molecule has 2 aliphatic heterocycles. The van der Waals surface area contributed by atoms with Crippen LogP contribution >= 0.6 is 11.3 Å². The maximum absolute atomic E-state index is 12.9. The number of thiophene rings is 1. The van der Waals surface area contributed by atoms with Gasteiger partial charge in [0.1, 0.15) is 22.1 Å². The number of piperidine rings is 1. The van der Waals surface area contributed by atoms with E-state index in [0.717, 1.165) is 52.7 Å². The number of aryl methyl sites for hydroxylation is 1. The van der Waals surface area contributed by atoms with Crippen LogP contribution in [0.5, 0.6) is 5.75 Å². The van der Waals surface area contributed by atoms with Crippen molar-refractivity contribution < 1.29 is 9.53 Å². The predicted octanol–water partition coefficient (Wildman–Crippen LogP) is 4.16. The van der Waals surface area contributed by atoms with Crippen LogP contribution < -0.4 is 20.7 Å². The molecule has 1 fully saturated rings. The normalized spacial score (nSPS) is 19.2. The molecule has 6 nitrogen and oxygen atoms in total. The number of fused-ring (bicyclic) bond motifs is 2. The Bertz CT molecular complexity index is 1130. The number of nitrogens with two attached hydrogens (primary N) is 1. The largest absolute Gasteiger partial charge is 0.491 e. The summed E-state index contributed by atoms with van der Waals surface area (Å²) >= 11 is 1.34. The SMILES string of the molecule is Cc1ccc2c(N)c(C(=O)N[C@H]3COc4cc(N5CCC(C)CC5)ccc4C3)sc2n1. The molecule has 1 aromatic carbocycles. The summed E-state index contributed by atoms with van der Waals surface area (Å²) in [7, 11) is 0. The van der Waals surface area contributed by atoms with Crippen molar-refractivity contribution in [3.8, 4) is 5.75 Å². The van der Waals surface area contributed by atoms with Gasteiger partial charge >= 0.3 is 0 Å². The Morgan fingerprint density at radius 2 is 2.06 bits per heavy atom. The number of anilines is 2. The molecule has 0 spiro atoms. The Hall–Kier alpha value is -2.80. The molecule has 4 heterocycles. The Morgan fingerprint density at radius 1 is 1.26 bits per heavy atom. The van der Waals surface area contributed by atoms with Gasteiger partial charge in [0.2, 0.25) is 0 Å². The van der Waals surface area contributed by atoms with E-state index in [1.165, 1.54) is 29.9 Å². The van der Waals surface area contributed by atoms with Crippen LogP contribution in [0.1, 0.15) is 40.7 Å². The molecule has 1 amide bonds. The second kappa shape index (κ2) is 8.04. The molecular formula is C24H28N4O2S. The van der Waals surface area contributed by atoms with Gasteiger partial charge in [-0.1, -0.05) is 13.0 Å². The second-order valence-electron chi connectivity index (χ2n) is 8.80. The predicted molar refractivity (Wildman–Crippen MR) is 126 cm³/mol. The van der Waals surface area contributed by atoms with Crippen LogP contribution in [-0.4, -0.2) is 36.6 Å². The minimum Gasteiger partial charge on any atom is -0.491 e. The van der Waals surface area contributed by atoms with Crippen LogP contribution in [0, 0.1) is 12.8 Å². The Balaban J connectivity index is 1.28. The number of ether oxygens (including phenoxy) is 1. The summed E-state index contributed by atoms with van der Waals surface area (Å²) in [6, 6.07) is 10.2. The summed E-state index contributed by atoms with van der Waals surface area (Å²) in [5.41, 5.74) is 10.0. The first kappa shape index (κ1) is 20.1. The van der Waals surface area contributed by atoms with E-state index in [4.69, 9.17) is 10.5 Å². The highest BCUT2D eigenvalue weighted by Crippen LogP contribution is 2.34. The number of rotatable bonds is 3. The van der Waals surface area contributed by atoms with Crippen LogP contribution in [0.2, 0.25) is 0 Å². The number of nitrogens with one attached hydrogen (secondary N) is 1. The maximum atomic E-state index is 12.9. The van der Waals surface area contributed by atoms with Gasteiger partial charge in [-0.25, -0.2) is 4.98 Å². The van der Waals surface area contributed by atoms with Gasteiger partial charge in [-0.05, 0) is 55.9 Å². The lowest BCUT2D eigenvalue weighted by molar-refractivity contribution is 0.0920. The number of nitrogen functional groups attached to an aromatic ring is 1. The number of carbonyl (C=O) groups is 1. The molecular weight excluding hydrogens is 408 g/mol. The van der Waals surface area contributed by atoms with E-state index in [9.17, 15) is 4.79 Å². The lowest BCUT2D eigenvalue weighted by Gasteiger charge is -2.33. The zero-order chi connectivity index (χ0) is 21.5. The average molecular weight is 437 g/mol. The van der Waals surface area contributed by atoms with Crippen LogP contribution in [0.15, 0.2) is 30.3 Å². The third kappa shape index (κ3) is 3.94. The number of pyridine rings is 1. The van der Waals surface area contributed by atoms with E-state index in [2.05, 4.69) is 40.3 Å². The molecule has 2 aromatic heterocycles. The van der Waals surface area contributed by atoms with Gasteiger partial charge in [0.25, 0.3) is 5.91 Å². The fourth-order valence-electron chi connectivity index (χ4n) is 4.43. The van der Waals surface area contributed by atoms with E-state index in [0.29, 0.717) is 17.2 Å². The molecule has 1 saturated heterocycles. The number of hydrogen-bond acceptors (Lipinski definition) is 6. The lowest BCUT2D eigenvalue weighted by atomic mass is 9.97. The molecule has 0 bridgehead atoms. The zero-order valence-electron chi connectivity index (χ0n) is 18.0. The molecule has 2 aliphatic rings. The van der Waals surface area contributed by atoms with Gasteiger partial charge < -0.3 is 20.7 Å². The van der Waals surface area contributed by atoms with Crippen LogP contribution in [-0.2, 0) is 6.42 Å². The molecule has 5 rings (SSSR count). The summed E-state index contributed by atoms with van der Waals surface area (Å²) in [5.74, 6) is 1.58. The van der Waals surface area contributed by atoms with Crippen molar-refractivity contribution in [1.29, 1.82) is 0 Å². The van der Waals surface area contributed by atoms with Crippen molar-refractivity contribution in [3.05, 3.63) is 46.5 Å². The smallest absolute Gasteiger partial charge is 0.263 e. The van der Waals surface area contributed by atoms with Crippen molar-refractivity contribution in [2.24, 2.45) is 5.92 Å². The number of hydrogen-bond donors (Lipinski definition) is 2. The first-order valence-electron chi connectivity index (χ1n) is 10.9. The fourth-order valence-corrected chi connectivity index (χ4v) is 5.47. The number of benzene rings is 1.